The Labute approximate surface area is 128 Å². The Hall–Kier alpha value is -1.36. The molecule has 0 heterocycles. The first-order chi connectivity index (χ1) is 9.54. The molecule has 5 heteroatoms. The lowest BCUT2D eigenvalue weighted by atomic mass is 10.2. The fourth-order valence-electron chi connectivity index (χ4n) is 1.72. The van der Waals surface area contributed by atoms with Crippen LogP contribution in [0.2, 0.25) is 0 Å². The summed E-state index contributed by atoms with van der Waals surface area (Å²) in [6.45, 7) is 4.32. The molecule has 1 rings (SSSR count). The van der Waals surface area contributed by atoms with Gasteiger partial charge in [-0.25, -0.2) is 0 Å². The molecule has 0 aromatic heterocycles. The second kappa shape index (κ2) is 8.74. The van der Waals surface area contributed by atoms with Gasteiger partial charge in [0.25, 0.3) is 0 Å². The van der Waals surface area contributed by atoms with E-state index in [0.29, 0.717) is 6.54 Å². The van der Waals surface area contributed by atoms with Gasteiger partial charge < -0.3 is 10.6 Å². The zero-order valence-electron chi connectivity index (χ0n) is 11.9. The quantitative estimate of drug-likeness (QED) is 0.749. The van der Waals surface area contributed by atoms with Gasteiger partial charge in [0, 0.05) is 18.7 Å². The number of aryl methyl sites for hydroxylation is 1. The molecule has 110 valence electrons. The predicted molar refractivity (Wildman–Crippen MR) is 85.1 cm³/mol. The molecule has 20 heavy (non-hydrogen) atoms. The van der Waals surface area contributed by atoms with E-state index >= 15 is 0 Å². The Morgan fingerprint density at radius 3 is 2.65 bits per heavy atom. The van der Waals surface area contributed by atoms with E-state index in [9.17, 15) is 9.59 Å². The number of alkyl halides is 1. The lowest BCUT2D eigenvalue weighted by molar-refractivity contribution is -0.120. The summed E-state index contributed by atoms with van der Waals surface area (Å²) >= 11 is 3.32. The SMILES string of the molecule is CCC[C@@H](Br)C(=O)NCCC(=O)Nc1ccccc1C. The van der Waals surface area contributed by atoms with Gasteiger partial charge in [0.2, 0.25) is 11.8 Å². The standard InChI is InChI=1S/C15H21BrN2O2/c1-3-6-12(16)15(20)17-10-9-14(19)18-13-8-5-4-7-11(13)2/h4-5,7-8,12H,3,6,9-10H2,1-2H3,(H,17,20)(H,18,19)/t12-/m1/s1. The summed E-state index contributed by atoms with van der Waals surface area (Å²) in [6, 6.07) is 7.61. The molecule has 0 saturated carbocycles. The first kappa shape index (κ1) is 16.7. The van der Waals surface area contributed by atoms with Crippen LogP contribution in [-0.4, -0.2) is 23.2 Å². The number of benzene rings is 1. The van der Waals surface area contributed by atoms with Crippen LogP contribution in [0.5, 0.6) is 0 Å². The first-order valence-electron chi connectivity index (χ1n) is 6.81. The van der Waals surface area contributed by atoms with Gasteiger partial charge >= 0.3 is 0 Å². The zero-order valence-corrected chi connectivity index (χ0v) is 13.5. The molecule has 1 aromatic rings. The highest BCUT2D eigenvalue weighted by atomic mass is 79.9. The van der Waals surface area contributed by atoms with E-state index in [-0.39, 0.29) is 23.1 Å². The normalized spacial score (nSPS) is 11.8. The number of para-hydroxylation sites is 1. The minimum absolute atomic E-state index is 0.0597. The highest BCUT2D eigenvalue weighted by Crippen LogP contribution is 2.13. The van der Waals surface area contributed by atoms with Crippen molar-refractivity contribution in [1.29, 1.82) is 0 Å². The van der Waals surface area contributed by atoms with Crippen LogP contribution < -0.4 is 10.6 Å². The lowest BCUT2D eigenvalue weighted by Gasteiger charge is -2.10. The molecule has 0 aliphatic rings. The Bertz CT molecular complexity index is 463. The Balaban J connectivity index is 2.31. The van der Waals surface area contributed by atoms with Crippen molar-refractivity contribution in [1.82, 2.24) is 5.32 Å². The molecule has 0 unspecified atom stereocenters. The maximum absolute atomic E-state index is 11.8. The number of anilines is 1. The maximum Gasteiger partial charge on any atom is 0.233 e. The Morgan fingerprint density at radius 1 is 1.30 bits per heavy atom. The van der Waals surface area contributed by atoms with Gasteiger partial charge in [-0.05, 0) is 25.0 Å². The van der Waals surface area contributed by atoms with Gasteiger partial charge in [-0.15, -0.1) is 0 Å². The van der Waals surface area contributed by atoms with E-state index < -0.39 is 0 Å². The summed E-state index contributed by atoms with van der Waals surface area (Å²) in [5.41, 5.74) is 1.83. The van der Waals surface area contributed by atoms with E-state index in [1.165, 1.54) is 0 Å². The number of hydrogen-bond donors (Lipinski definition) is 2. The number of carbonyl (C=O) groups is 2. The van der Waals surface area contributed by atoms with Gasteiger partial charge in [-0.1, -0.05) is 47.5 Å². The van der Waals surface area contributed by atoms with E-state index in [1.54, 1.807) is 0 Å². The molecule has 2 N–H and O–H groups in total. The molecule has 0 aliphatic heterocycles. The summed E-state index contributed by atoms with van der Waals surface area (Å²) in [6.07, 6.45) is 2.00. The number of rotatable bonds is 7. The van der Waals surface area contributed by atoms with Gasteiger partial charge in [0.05, 0.1) is 4.83 Å². The predicted octanol–water partition coefficient (Wildman–Crippen LogP) is 3.00. The lowest BCUT2D eigenvalue weighted by Crippen LogP contribution is -2.33. The third kappa shape index (κ3) is 5.74. The molecule has 1 atom stereocenters. The molecule has 0 fully saturated rings. The van der Waals surface area contributed by atoms with Crippen molar-refractivity contribution in [3.05, 3.63) is 29.8 Å². The smallest absolute Gasteiger partial charge is 0.233 e. The monoisotopic (exact) mass is 340 g/mol. The average molecular weight is 341 g/mol. The fraction of sp³-hybridized carbons (Fsp3) is 0.467. The number of hydrogen-bond acceptors (Lipinski definition) is 2. The van der Waals surface area contributed by atoms with E-state index in [1.807, 2.05) is 38.1 Å². The third-order valence-corrected chi connectivity index (χ3v) is 3.77. The molecule has 0 radical (unpaired) electrons. The molecule has 4 nitrogen and oxygen atoms in total. The van der Waals surface area contributed by atoms with Crippen molar-refractivity contribution < 1.29 is 9.59 Å². The highest BCUT2D eigenvalue weighted by molar-refractivity contribution is 9.10. The zero-order chi connectivity index (χ0) is 15.0. The fourth-order valence-corrected chi connectivity index (χ4v) is 2.34. The minimum atomic E-state index is -0.174. The van der Waals surface area contributed by atoms with Crippen LogP contribution >= 0.6 is 15.9 Å². The molecular formula is C15H21BrN2O2. The molecule has 2 amide bonds. The summed E-state index contributed by atoms with van der Waals surface area (Å²) in [5.74, 6) is -0.156. The van der Waals surface area contributed by atoms with Crippen molar-refractivity contribution in [2.45, 2.75) is 37.9 Å². The van der Waals surface area contributed by atoms with Crippen molar-refractivity contribution in [2.24, 2.45) is 0 Å². The summed E-state index contributed by atoms with van der Waals surface area (Å²) < 4.78 is 0. The third-order valence-electron chi connectivity index (χ3n) is 2.90. The van der Waals surface area contributed by atoms with Gasteiger partial charge in [-0.2, -0.15) is 0 Å². The van der Waals surface area contributed by atoms with Crippen LogP contribution in [0.15, 0.2) is 24.3 Å². The van der Waals surface area contributed by atoms with Crippen LogP contribution in [0.1, 0.15) is 31.7 Å². The van der Waals surface area contributed by atoms with Crippen molar-refractivity contribution in [3.63, 3.8) is 0 Å². The average Bonchev–Trinajstić information content (AvgIpc) is 2.41. The van der Waals surface area contributed by atoms with Gasteiger partial charge in [0.15, 0.2) is 0 Å². The van der Waals surface area contributed by atoms with E-state index in [0.717, 1.165) is 24.1 Å². The first-order valence-corrected chi connectivity index (χ1v) is 7.73. The topological polar surface area (TPSA) is 58.2 Å². The molecule has 0 bridgehead atoms. The Kier molecular flexibility index (Phi) is 7.30. The number of halogens is 1. The van der Waals surface area contributed by atoms with Crippen LogP contribution in [0.4, 0.5) is 5.69 Å². The van der Waals surface area contributed by atoms with Gasteiger partial charge in [-0.3, -0.25) is 9.59 Å². The number of nitrogens with one attached hydrogen (secondary N) is 2. The molecule has 0 saturated heterocycles. The van der Waals surface area contributed by atoms with E-state index in [4.69, 9.17) is 0 Å². The maximum atomic E-state index is 11.8. The van der Waals surface area contributed by atoms with Crippen LogP contribution in [0, 0.1) is 6.92 Å². The number of amides is 2. The minimum Gasteiger partial charge on any atom is -0.355 e. The Morgan fingerprint density at radius 2 is 2.00 bits per heavy atom. The molecule has 0 aliphatic carbocycles. The molecule has 0 spiro atoms. The van der Waals surface area contributed by atoms with Crippen LogP contribution in [0.25, 0.3) is 0 Å². The summed E-state index contributed by atoms with van der Waals surface area (Å²) in [5, 5.41) is 5.59. The molecular weight excluding hydrogens is 320 g/mol. The number of carbonyl (C=O) groups excluding carboxylic acids is 2. The van der Waals surface area contributed by atoms with Crippen molar-refractivity contribution in [2.75, 3.05) is 11.9 Å². The van der Waals surface area contributed by atoms with Crippen molar-refractivity contribution >= 4 is 33.4 Å². The van der Waals surface area contributed by atoms with E-state index in [2.05, 4.69) is 26.6 Å². The summed E-state index contributed by atoms with van der Waals surface area (Å²) in [7, 11) is 0. The molecule has 1 aromatic carbocycles. The van der Waals surface area contributed by atoms with Crippen LogP contribution in [0.3, 0.4) is 0 Å². The highest BCUT2D eigenvalue weighted by Gasteiger charge is 2.13. The largest absolute Gasteiger partial charge is 0.355 e. The second-order valence-electron chi connectivity index (χ2n) is 4.66. The second-order valence-corrected chi connectivity index (χ2v) is 5.77. The van der Waals surface area contributed by atoms with Crippen LogP contribution in [-0.2, 0) is 9.59 Å². The van der Waals surface area contributed by atoms with Crippen molar-refractivity contribution in [3.8, 4) is 0 Å². The summed E-state index contributed by atoms with van der Waals surface area (Å²) in [4.78, 5) is 23.2. The van der Waals surface area contributed by atoms with Gasteiger partial charge in [0.1, 0.15) is 0 Å².